The zero-order valence-electron chi connectivity index (χ0n) is 11.9. The molecule has 1 rings (SSSR count). The second kappa shape index (κ2) is 7.79. The van der Waals surface area contributed by atoms with Gasteiger partial charge in [0.05, 0.1) is 7.11 Å². The average molecular weight is 265 g/mol. The van der Waals surface area contributed by atoms with Crippen LogP contribution in [0.5, 0.6) is 5.75 Å². The Morgan fingerprint density at radius 1 is 1.47 bits per heavy atom. The highest BCUT2D eigenvalue weighted by Gasteiger charge is 2.18. The van der Waals surface area contributed by atoms with Crippen LogP contribution in [0, 0.1) is 12.8 Å². The number of hydrogen-bond donors (Lipinski definition) is 2. The van der Waals surface area contributed by atoms with Crippen LogP contribution in [0.1, 0.15) is 37.3 Å². The molecule has 0 fully saturated rings. The molecule has 4 heteroatoms. The Morgan fingerprint density at radius 3 is 2.74 bits per heavy atom. The van der Waals surface area contributed by atoms with E-state index in [1.54, 1.807) is 12.6 Å². The van der Waals surface area contributed by atoms with Gasteiger partial charge in [0.25, 0.3) is 0 Å². The van der Waals surface area contributed by atoms with Gasteiger partial charge in [-0.05, 0) is 37.0 Å². The van der Waals surface area contributed by atoms with Gasteiger partial charge in [-0.15, -0.1) is 0 Å². The van der Waals surface area contributed by atoms with Crippen molar-refractivity contribution in [1.29, 1.82) is 0 Å². The lowest BCUT2D eigenvalue weighted by atomic mass is 9.93. The Kier molecular flexibility index (Phi) is 6.36. The van der Waals surface area contributed by atoms with Crippen LogP contribution in [0.15, 0.2) is 18.2 Å². The van der Waals surface area contributed by atoms with Crippen molar-refractivity contribution in [1.82, 2.24) is 5.48 Å². The van der Waals surface area contributed by atoms with Gasteiger partial charge in [0.2, 0.25) is 5.91 Å². The third-order valence-corrected chi connectivity index (χ3v) is 3.33. The molecule has 0 aliphatic heterocycles. The average Bonchev–Trinajstić information content (AvgIpc) is 2.42. The maximum absolute atomic E-state index is 11.6. The first-order chi connectivity index (χ1) is 9.12. The highest BCUT2D eigenvalue weighted by Crippen LogP contribution is 2.22. The van der Waals surface area contributed by atoms with Crippen LogP contribution >= 0.6 is 0 Å². The van der Waals surface area contributed by atoms with Crippen LogP contribution in [-0.4, -0.2) is 18.2 Å². The molecule has 1 aromatic rings. The number of carbonyl (C=O) groups excluding carboxylic acids is 1. The molecule has 0 radical (unpaired) electrons. The Balaban J connectivity index is 2.77. The SMILES string of the molecule is CCCCC(Cc1ccc(OC)c(C)c1)C(=O)NO. The summed E-state index contributed by atoms with van der Waals surface area (Å²) in [7, 11) is 1.64. The van der Waals surface area contributed by atoms with Crippen molar-refractivity contribution in [2.24, 2.45) is 5.92 Å². The first kappa shape index (κ1) is 15.5. The predicted octanol–water partition coefficient (Wildman–Crippen LogP) is 2.86. The summed E-state index contributed by atoms with van der Waals surface area (Å²) in [5.74, 6) is 0.361. The number of unbranched alkanes of at least 4 members (excludes halogenated alkanes) is 1. The lowest BCUT2D eigenvalue weighted by Crippen LogP contribution is -2.29. The fourth-order valence-corrected chi connectivity index (χ4v) is 2.22. The quantitative estimate of drug-likeness (QED) is 0.588. The molecule has 4 nitrogen and oxygen atoms in total. The minimum Gasteiger partial charge on any atom is -0.496 e. The highest BCUT2D eigenvalue weighted by atomic mass is 16.5. The maximum Gasteiger partial charge on any atom is 0.246 e. The summed E-state index contributed by atoms with van der Waals surface area (Å²) in [4.78, 5) is 11.6. The normalized spacial score (nSPS) is 12.0. The van der Waals surface area contributed by atoms with Crippen LogP contribution < -0.4 is 10.2 Å². The molecular formula is C15H23NO3. The van der Waals surface area contributed by atoms with Crippen molar-refractivity contribution in [3.8, 4) is 5.75 Å². The van der Waals surface area contributed by atoms with E-state index < -0.39 is 0 Å². The number of amides is 1. The Labute approximate surface area is 114 Å². The lowest BCUT2D eigenvalue weighted by molar-refractivity contribution is -0.133. The summed E-state index contributed by atoms with van der Waals surface area (Å²) >= 11 is 0. The van der Waals surface area contributed by atoms with Gasteiger partial charge in [-0.3, -0.25) is 10.0 Å². The van der Waals surface area contributed by atoms with Crippen molar-refractivity contribution >= 4 is 5.91 Å². The smallest absolute Gasteiger partial charge is 0.246 e. The summed E-state index contributed by atoms with van der Waals surface area (Å²) in [6.45, 7) is 4.07. The molecule has 1 aromatic carbocycles. The van der Waals surface area contributed by atoms with E-state index in [9.17, 15) is 4.79 Å². The third kappa shape index (κ3) is 4.56. The van der Waals surface area contributed by atoms with Gasteiger partial charge in [0.15, 0.2) is 0 Å². The van der Waals surface area contributed by atoms with E-state index in [-0.39, 0.29) is 11.8 Å². The zero-order chi connectivity index (χ0) is 14.3. The van der Waals surface area contributed by atoms with Gasteiger partial charge < -0.3 is 4.74 Å². The molecule has 0 aromatic heterocycles. The van der Waals surface area contributed by atoms with Crippen LogP contribution in [0.4, 0.5) is 0 Å². The molecule has 0 aliphatic carbocycles. The van der Waals surface area contributed by atoms with Crippen molar-refractivity contribution < 1.29 is 14.7 Å². The molecule has 2 N–H and O–H groups in total. The minimum atomic E-state index is -0.304. The molecule has 0 spiro atoms. The summed E-state index contributed by atoms with van der Waals surface area (Å²) < 4.78 is 5.22. The van der Waals surface area contributed by atoms with Crippen molar-refractivity contribution in [2.75, 3.05) is 7.11 Å². The second-order valence-electron chi connectivity index (χ2n) is 4.82. The van der Waals surface area contributed by atoms with Gasteiger partial charge >= 0.3 is 0 Å². The highest BCUT2D eigenvalue weighted by molar-refractivity contribution is 5.77. The number of ether oxygens (including phenoxy) is 1. The van der Waals surface area contributed by atoms with Gasteiger partial charge in [0, 0.05) is 5.92 Å². The van der Waals surface area contributed by atoms with Crippen LogP contribution in [-0.2, 0) is 11.2 Å². The molecule has 1 amide bonds. The van der Waals surface area contributed by atoms with E-state index in [1.165, 1.54) is 0 Å². The number of nitrogens with one attached hydrogen (secondary N) is 1. The van der Waals surface area contributed by atoms with Crippen molar-refractivity contribution in [2.45, 2.75) is 39.5 Å². The van der Waals surface area contributed by atoms with Gasteiger partial charge in [-0.25, -0.2) is 5.48 Å². The molecule has 0 saturated carbocycles. The fraction of sp³-hybridized carbons (Fsp3) is 0.533. The van der Waals surface area contributed by atoms with Crippen LogP contribution in [0.3, 0.4) is 0 Å². The lowest BCUT2D eigenvalue weighted by Gasteiger charge is -2.15. The topological polar surface area (TPSA) is 58.6 Å². The van der Waals surface area contributed by atoms with E-state index in [1.807, 2.05) is 25.1 Å². The summed E-state index contributed by atoms with van der Waals surface area (Å²) in [6, 6.07) is 5.91. The fourth-order valence-electron chi connectivity index (χ4n) is 2.22. The minimum absolute atomic E-state index is 0.183. The van der Waals surface area contributed by atoms with Crippen molar-refractivity contribution in [3.63, 3.8) is 0 Å². The Hall–Kier alpha value is -1.55. The van der Waals surface area contributed by atoms with Gasteiger partial charge in [0.1, 0.15) is 5.75 Å². The molecule has 0 bridgehead atoms. The molecule has 0 heterocycles. The summed E-state index contributed by atoms with van der Waals surface area (Å²) in [5, 5.41) is 8.80. The number of hydrogen-bond acceptors (Lipinski definition) is 3. The first-order valence-corrected chi connectivity index (χ1v) is 6.69. The van der Waals surface area contributed by atoms with Crippen LogP contribution in [0.25, 0.3) is 0 Å². The number of rotatable bonds is 7. The van der Waals surface area contributed by atoms with Gasteiger partial charge in [-0.1, -0.05) is 31.9 Å². The van der Waals surface area contributed by atoms with E-state index >= 15 is 0 Å². The molecule has 0 saturated heterocycles. The van der Waals surface area contributed by atoms with Crippen molar-refractivity contribution in [3.05, 3.63) is 29.3 Å². The number of carbonyl (C=O) groups is 1. The number of methoxy groups -OCH3 is 1. The van der Waals surface area contributed by atoms with Crippen LogP contribution in [0.2, 0.25) is 0 Å². The van der Waals surface area contributed by atoms with E-state index in [2.05, 4.69) is 6.92 Å². The molecule has 0 aliphatic rings. The standard InChI is InChI=1S/C15H23NO3/c1-4-5-6-13(15(17)16-18)10-12-7-8-14(19-3)11(2)9-12/h7-9,13,18H,4-6,10H2,1-3H3,(H,16,17). The zero-order valence-corrected chi connectivity index (χ0v) is 11.9. The van der Waals surface area contributed by atoms with E-state index in [0.29, 0.717) is 6.42 Å². The first-order valence-electron chi connectivity index (χ1n) is 6.69. The number of hydroxylamine groups is 1. The molecular weight excluding hydrogens is 242 g/mol. The summed E-state index contributed by atoms with van der Waals surface area (Å²) in [6.07, 6.45) is 3.44. The molecule has 106 valence electrons. The van der Waals surface area contributed by atoms with E-state index in [0.717, 1.165) is 36.1 Å². The molecule has 19 heavy (non-hydrogen) atoms. The largest absolute Gasteiger partial charge is 0.496 e. The number of aryl methyl sites for hydroxylation is 1. The monoisotopic (exact) mass is 265 g/mol. The Bertz CT molecular complexity index is 418. The molecule has 1 atom stereocenters. The predicted molar refractivity (Wildman–Crippen MR) is 74.4 cm³/mol. The summed E-state index contributed by atoms with van der Waals surface area (Å²) in [5.41, 5.74) is 3.91. The second-order valence-corrected chi connectivity index (χ2v) is 4.82. The number of benzene rings is 1. The third-order valence-electron chi connectivity index (χ3n) is 3.33. The Morgan fingerprint density at radius 2 is 2.21 bits per heavy atom. The van der Waals surface area contributed by atoms with Gasteiger partial charge in [-0.2, -0.15) is 0 Å². The maximum atomic E-state index is 11.6. The van der Waals surface area contributed by atoms with E-state index in [4.69, 9.17) is 9.94 Å². The molecule has 1 unspecified atom stereocenters.